The van der Waals surface area contributed by atoms with E-state index in [0.29, 0.717) is 18.0 Å². The summed E-state index contributed by atoms with van der Waals surface area (Å²) in [5.74, 6) is -0.697. The summed E-state index contributed by atoms with van der Waals surface area (Å²) in [5.41, 5.74) is 0.706. The molecule has 172 valence electrons. The molecule has 1 N–H and O–H groups in total. The highest BCUT2D eigenvalue weighted by Crippen LogP contribution is 2.25. The molecule has 0 radical (unpaired) electrons. The van der Waals surface area contributed by atoms with Crippen LogP contribution >= 0.6 is 0 Å². The van der Waals surface area contributed by atoms with Crippen LogP contribution in [0.5, 0.6) is 5.75 Å². The van der Waals surface area contributed by atoms with Gasteiger partial charge in [0.15, 0.2) is 0 Å². The van der Waals surface area contributed by atoms with E-state index < -0.39 is 28.4 Å². The Bertz CT molecular complexity index is 1210. The first-order valence-electron chi connectivity index (χ1n) is 10.1. The van der Waals surface area contributed by atoms with Crippen LogP contribution in [0.4, 0.5) is 11.4 Å². The van der Waals surface area contributed by atoms with E-state index >= 15 is 0 Å². The highest BCUT2D eigenvalue weighted by atomic mass is 32.2. The van der Waals surface area contributed by atoms with Crippen LogP contribution in [0.1, 0.15) is 17.3 Å². The zero-order valence-electron chi connectivity index (χ0n) is 18.2. The van der Waals surface area contributed by atoms with Crippen molar-refractivity contribution in [2.75, 3.05) is 29.9 Å². The number of hydrogen-bond acceptors (Lipinski definition) is 6. The molecular weight excluding hydrogens is 444 g/mol. The van der Waals surface area contributed by atoms with E-state index in [1.165, 1.54) is 31.4 Å². The molecule has 0 aromatic heterocycles. The summed E-state index contributed by atoms with van der Waals surface area (Å²) in [4.78, 5) is 24.9. The number of sulfonamides is 1. The highest BCUT2D eigenvalue weighted by molar-refractivity contribution is 7.92. The molecule has 33 heavy (non-hydrogen) atoms. The second kappa shape index (κ2) is 10.6. The van der Waals surface area contributed by atoms with Crippen molar-refractivity contribution in [2.24, 2.45) is 0 Å². The second-order valence-corrected chi connectivity index (χ2v) is 8.70. The molecule has 0 atom stereocenters. The van der Waals surface area contributed by atoms with E-state index in [9.17, 15) is 18.0 Å². The average Bonchev–Trinajstić information content (AvgIpc) is 2.83. The van der Waals surface area contributed by atoms with Crippen molar-refractivity contribution >= 4 is 33.3 Å². The number of methoxy groups -OCH3 is 1. The van der Waals surface area contributed by atoms with Crippen molar-refractivity contribution in [3.8, 4) is 5.75 Å². The molecule has 3 aromatic rings. The second-order valence-electron chi connectivity index (χ2n) is 6.84. The summed E-state index contributed by atoms with van der Waals surface area (Å²) in [6.45, 7) is 1.78. The summed E-state index contributed by atoms with van der Waals surface area (Å²) in [6.07, 6.45) is 0. The molecule has 8 nitrogen and oxygen atoms in total. The third-order valence-corrected chi connectivity index (χ3v) is 6.45. The number of para-hydroxylation sites is 2. The third kappa shape index (κ3) is 5.69. The van der Waals surface area contributed by atoms with Crippen LogP contribution in [0.25, 0.3) is 0 Å². The van der Waals surface area contributed by atoms with E-state index in [0.717, 1.165) is 4.31 Å². The number of anilines is 2. The fraction of sp³-hybridized carbons (Fsp3) is 0.167. The predicted octanol–water partition coefficient (Wildman–Crippen LogP) is 3.71. The highest BCUT2D eigenvalue weighted by Gasteiger charge is 2.27. The van der Waals surface area contributed by atoms with Gasteiger partial charge in [-0.2, -0.15) is 0 Å². The number of carbonyl (C=O) groups excluding carboxylic acids is 2. The molecule has 1 amide bonds. The Hall–Kier alpha value is -3.85. The fourth-order valence-corrected chi connectivity index (χ4v) is 4.53. The van der Waals surface area contributed by atoms with Crippen molar-refractivity contribution in [3.63, 3.8) is 0 Å². The van der Waals surface area contributed by atoms with E-state index in [-0.39, 0.29) is 16.1 Å². The van der Waals surface area contributed by atoms with Gasteiger partial charge in [0.25, 0.3) is 10.0 Å². The summed E-state index contributed by atoms with van der Waals surface area (Å²) in [6, 6.07) is 20.6. The lowest BCUT2D eigenvalue weighted by Crippen LogP contribution is -2.38. The summed E-state index contributed by atoms with van der Waals surface area (Å²) in [7, 11) is -2.84. The van der Waals surface area contributed by atoms with Crippen molar-refractivity contribution in [1.29, 1.82) is 0 Å². The SMILES string of the molecule is CCOc1ccc(S(=O)(=O)N(CC(=O)Nc2ccccc2C(=O)OC)c2ccccc2)cc1. The zero-order valence-corrected chi connectivity index (χ0v) is 19.0. The molecule has 3 rings (SSSR count). The minimum atomic E-state index is -4.08. The summed E-state index contributed by atoms with van der Waals surface area (Å²) < 4.78 is 38.0. The first kappa shape index (κ1) is 23.8. The van der Waals surface area contributed by atoms with Crippen molar-refractivity contribution in [3.05, 3.63) is 84.4 Å². The number of carbonyl (C=O) groups is 2. The molecule has 3 aromatic carbocycles. The topological polar surface area (TPSA) is 102 Å². The smallest absolute Gasteiger partial charge is 0.339 e. The van der Waals surface area contributed by atoms with E-state index in [1.54, 1.807) is 54.6 Å². The Labute approximate surface area is 192 Å². The number of rotatable bonds is 9. The maximum absolute atomic E-state index is 13.4. The Morgan fingerprint density at radius 2 is 1.55 bits per heavy atom. The minimum absolute atomic E-state index is 0.0116. The van der Waals surface area contributed by atoms with Gasteiger partial charge in [0.05, 0.1) is 35.6 Å². The average molecular weight is 469 g/mol. The number of nitrogens with one attached hydrogen (secondary N) is 1. The maximum atomic E-state index is 13.4. The first-order chi connectivity index (χ1) is 15.9. The predicted molar refractivity (Wildman–Crippen MR) is 125 cm³/mol. The molecule has 0 aliphatic heterocycles. The molecule has 0 fully saturated rings. The van der Waals surface area contributed by atoms with Gasteiger partial charge in [-0.05, 0) is 55.5 Å². The molecule has 0 saturated heterocycles. The third-order valence-electron chi connectivity index (χ3n) is 4.66. The fourth-order valence-electron chi connectivity index (χ4n) is 3.11. The Balaban J connectivity index is 1.91. The lowest BCUT2D eigenvalue weighted by atomic mass is 10.2. The first-order valence-corrected chi connectivity index (χ1v) is 11.6. The van der Waals surface area contributed by atoms with Gasteiger partial charge in [-0.1, -0.05) is 30.3 Å². The van der Waals surface area contributed by atoms with Gasteiger partial charge in [-0.15, -0.1) is 0 Å². The van der Waals surface area contributed by atoms with Gasteiger partial charge in [0, 0.05) is 0 Å². The van der Waals surface area contributed by atoms with Gasteiger partial charge in [0.2, 0.25) is 5.91 Å². The Morgan fingerprint density at radius 1 is 0.909 bits per heavy atom. The van der Waals surface area contributed by atoms with Crippen molar-refractivity contribution in [2.45, 2.75) is 11.8 Å². The standard InChI is InChI=1S/C24H24N2O6S/c1-3-32-19-13-15-20(16-14-19)33(29,30)26(18-9-5-4-6-10-18)17-23(27)25-22-12-8-7-11-21(22)24(28)31-2/h4-16H,3,17H2,1-2H3,(H,25,27). The monoisotopic (exact) mass is 468 g/mol. The van der Waals surface area contributed by atoms with Crippen LogP contribution in [-0.4, -0.2) is 40.6 Å². The van der Waals surface area contributed by atoms with E-state index in [1.807, 2.05) is 6.92 Å². The van der Waals surface area contributed by atoms with Crippen molar-refractivity contribution < 1.29 is 27.5 Å². The van der Waals surface area contributed by atoms with Crippen LogP contribution in [0.15, 0.2) is 83.8 Å². The molecular formula is C24H24N2O6S. The number of benzene rings is 3. The van der Waals surface area contributed by atoms with Crippen LogP contribution in [-0.2, 0) is 19.6 Å². The van der Waals surface area contributed by atoms with E-state index in [2.05, 4.69) is 5.32 Å². The van der Waals surface area contributed by atoms with Gasteiger partial charge in [-0.25, -0.2) is 13.2 Å². The van der Waals surface area contributed by atoms with Gasteiger partial charge in [-0.3, -0.25) is 9.10 Å². The Kier molecular flexibility index (Phi) is 7.68. The Morgan fingerprint density at radius 3 is 2.18 bits per heavy atom. The van der Waals surface area contributed by atoms with Crippen LogP contribution in [0, 0.1) is 0 Å². The largest absolute Gasteiger partial charge is 0.494 e. The normalized spacial score (nSPS) is 10.8. The van der Waals surface area contributed by atoms with Gasteiger partial charge < -0.3 is 14.8 Å². The molecule has 0 unspecified atom stereocenters. The number of hydrogen-bond donors (Lipinski definition) is 1. The van der Waals surface area contributed by atoms with Crippen LogP contribution < -0.4 is 14.4 Å². The van der Waals surface area contributed by atoms with Gasteiger partial charge >= 0.3 is 5.97 Å². The molecule has 0 bridgehead atoms. The van der Waals surface area contributed by atoms with Crippen LogP contribution in [0.3, 0.4) is 0 Å². The molecule has 9 heteroatoms. The van der Waals surface area contributed by atoms with E-state index in [4.69, 9.17) is 9.47 Å². The van der Waals surface area contributed by atoms with Crippen LogP contribution in [0.2, 0.25) is 0 Å². The lowest BCUT2D eigenvalue weighted by molar-refractivity contribution is -0.114. The minimum Gasteiger partial charge on any atom is -0.494 e. The number of nitrogens with zero attached hydrogens (tertiary/aromatic N) is 1. The molecule has 0 aliphatic rings. The summed E-state index contributed by atoms with van der Waals surface area (Å²) in [5, 5.41) is 2.61. The maximum Gasteiger partial charge on any atom is 0.339 e. The number of ether oxygens (including phenoxy) is 2. The molecule has 0 spiro atoms. The van der Waals surface area contributed by atoms with Gasteiger partial charge in [0.1, 0.15) is 12.3 Å². The zero-order chi connectivity index (χ0) is 23.8. The number of amides is 1. The molecule has 0 aliphatic carbocycles. The molecule has 0 heterocycles. The summed E-state index contributed by atoms with van der Waals surface area (Å²) >= 11 is 0. The quantitative estimate of drug-likeness (QED) is 0.481. The lowest BCUT2D eigenvalue weighted by Gasteiger charge is -2.24. The van der Waals surface area contributed by atoms with Crippen molar-refractivity contribution in [1.82, 2.24) is 0 Å². The molecule has 0 saturated carbocycles. The number of esters is 1.